The van der Waals surface area contributed by atoms with Gasteiger partial charge < -0.3 is 20.5 Å². The molecule has 0 aliphatic heterocycles. The Labute approximate surface area is 197 Å². The lowest BCUT2D eigenvalue weighted by atomic mass is 9.80. The number of nitrogens with one attached hydrogen (secondary N) is 2. The summed E-state index contributed by atoms with van der Waals surface area (Å²) in [5.41, 5.74) is 5.05. The molecule has 1 aliphatic carbocycles. The van der Waals surface area contributed by atoms with E-state index < -0.39 is 5.97 Å². The number of amides is 1. The molecule has 7 heteroatoms. The second-order valence-electron chi connectivity index (χ2n) is 8.21. The number of fused-ring (bicyclic) bond motifs is 1. The third-order valence-corrected chi connectivity index (χ3v) is 6.96. The van der Waals surface area contributed by atoms with E-state index in [0.29, 0.717) is 17.2 Å². The molecule has 1 aromatic heterocycles. The third kappa shape index (κ3) is 5.43. The van der Waals surface area contributed by atoms with E-state index in [1.165, 1.54) is 22.5 Å². The molecule has 1 atom stereocenters. The summed E-state index contributed by atoms with van der Waals surface area (Å²) >= 11 is 1.28. The van der Waals surface area contributed by atoms with E-state index in [-0.39, 0.29) is 17.4 Å². The van der Waals surface area contributed by atoms with Gasteiger partial charge in [-0.3, -0.25) is 4.79 Å². The first kappa shape index (κ1) is 23.0. The van der Waals surface area contributed by atoms with E-state index in [2.05, 4.69) is 22.8 Å². The van der Waals surface area contributed by atoms with Gasteiger partial charge in [0.1, 0.15) is 5.00 Å². The van der Waals surface area contributed by atoms with Crippen molar-refractivity contribution in [2.75, 3.05) is 30.9 Å². The average molecular weight is 465 g/mol. The second kappa shape index (κ2) is 10.6. The zero-order chi connectivity index (χ0) is 23.2. The number of rotatable bonds is 9. The Morgan fingerprint density at radius 1 is 1.12 bits per heavy atom. The van der Waals surface area contributed by atoms with E-state index in [1.807, 2.05) is 29.6 Å². The highest BCUT2D eigenvalue weighted by molar-refractivity contribution is 7.15. The quantitative estimate of drug-likeness (QED) is 0.368. The number of anilines is 2. The van der Waals surface area contributed by atoms with Crippen molar-refractivity contribution in [3.8, 4) is 0 Å². The Balaban J connectivity index is 1.46. The molecule has 0 radical (unpaired) electrons. The van der Waals surface area contributed by atoms with Crippen LogP contribution in [0, 0.1) is 0 Å². The highest BCUT2D eigenvalue weighted by Crippen LogP contribution is 2.39. The fraction of sp³-hybridized carbons (Fsp3) is 0.308. The Morgan fingerprint density at radius 2 is 1.88 bits per heavy atom. The van der Waals surface area contributed by atoms with E-state index in [4.69, 9.17) is 4.74 Å². The molecule has 1 heterocycles. The first-order valence-electron chi connectivity index (χ1n) is 11.1. The topological polar surface area (TPSA) is 87.7 Å². The maximum atomic E-state index is 12.8. The van der Waals surface area contributed by atoms with Gasteiger partial charge in [-0.05, 0) is 77.9 Å². The summed E-state index contributed by atoms with van der Waals surface area (Å²) in [6.45, 7) is 1.47. The predicted octanol–water partition coefficient (Wildman–Crippen LogP) is 5.42. The van der Waals surface area contributed by atoms with Crippen molar-refractivity contribution in [2.45, 2.75) is 31.6 Å². The Morgan fingerprint density at radius 3 is 2.61 bits per heavy atom. The van der Waals surface area contributed by atoms with Gasteiger partial charge in [-0.1, -0.05) is 24.3 Å². The number of aryl methyl sites for hydroxylation is 1. The molecule has 1 unspecified atom stereocenters. The van der Waals surface area contributed by atoms with Crippen LogP contribution in [0.4, 0.5) is 10.7 Å². The largest absolute Gasteiger partial charge is 0.478 e. The molecule has 1 aliphatic rings. The summed E-state index contributed by atoms with van der Waals surface area (Å²) in [5.74, 6) is -1.18. The fourth-order valence-electron chi connectivity index (χ4n) is 4.31. The van der Waals surface area contributed by atoms with Crippen molar-refractivity contribution >= 4 is 33.9 Å². The lowest BCUT2D eigenvalue weighted by Gasteiger charge is -2.24. The number of benzene rings is 2. The molecule has 6 nitrogen and oxygen atoms in total. The van der Waals surface area contributed by atoms with Crippen molar-refractivity contribution in [3.05, 3.63) is 81.7 Å². The van der Waals surface area contributed by atoms with Crippen LogP contribution in [0.15, 0.2) is 53.9 Å². The summed E-state index contributed by atoms with van der Waals surface area (Å²) in [5, 5.41) is 18.3. The summed E-state index contributed by atoms with van der Waals surface area (Å²) in [6, 6.07) is 15.5. The van der Waals surface area contributed by atoms with Crippen LogP contribution in [-0.4, -0.2) is 37.2 Å². The Hall–Kier alpha value is -3.16. The normalized spacial score (nSPS) is 15.0. The summed E-state index contributed by atoms with van der Waals surface area (Å²) in [7, 11) is 1.67. The van der Waals surface area contributed by atoms with Crippen molar-refractivity contribution < 1.29 is 19.4 Å². The van der Waals surface area contributed by atoms with Crippen molar-refractivity contribution in [3.63, 3.8) is 0 Å². The van der Waals surface area contributed by atoms with Crippen LogP contribution in [0.5, 0.6) is 0 Å². The highest BCUT2D eigenvalue weighted by atomic mass is 32.1. The maximum absolute atomic E-state index is 12.8. The summed E-state index contributed by atoms with van der Waals surface area (Å²) in [4.78, 5) is 25.0. The van der Waals surface area contributed by atoms with Crippen LogP contribution >= 0.6 is 11.3 Å². The van der Waals surface area contributed by atoms with Gasteiger partial charge in [0.2, 0.25) is 0 Å². The second-order valence-corrected chi connectivity index (χ2v) is 9.09. The molecular formula is C26H28N2O4S. The van der Waals surface area contributed by atoms with Gasteiger partial charge in [0.05, 0.1) is 5.56 Å². The smallest absolute Gasteiger partial charge is 0.339 e. The van der Waals surface area contributed by atoms with Gasteiger partial charge in [-0.2, -0.15) is 0 Å². The number of thiophene rings is 1. The molecule has 1 amide bonds. The highest BCUT2D eigenvalue weighted by Gasteiger charge is 2.28. The minimum atomic E-state index is -1.00. The van der Waals surface area contributed by atoms with Gasteiger partial charge >= 0.3 is 5.97 Å². The van der Waals surface area contributed by atoms with Crippen LogP contribution in [0.3, 0.4) is 0 Å². The van der Waals surface area contributed by atoms with Crippen molar-refractivity contribution in [2.24, 2.45) is 0 Å². The SMILES string of the molecule is COCCCNc1ccc(C(=O)Nc2scc(C3CCc4ccccc4C3)c2C(=O)O)cc1. The number of ether oxygens (including phenoxy) is 1. The predicted molar refractivity (Wildman–Crippen MR) is 132 cm³/mol. The third-order valence-electron chi connectivity index (χ3n) is 6.05. The molecule has 0 fully saturated rings. The zero-order valence-electron chi connectivity index (χ0n) is 18.6. The minimum Gasteiger partial charge on any atom is -0.478 e. The molecule has 0 saturated heterocycles. The van der Waals surface area contributed by atoms with Crippen LogP contribution < -0.4 is 10.6 Å². The molecule has 4 rings (SSSR count). The number of methoxy groups -OCH3 is 1. The van der Waals surface area contributed by atoms with Gasteiger partial charge in [-0.25, -0.2) is 4.79 Å². The average Bonchev–Trinajstić information content (AvgIpc) is 3.25. The molecule has 2 aromatic carbocycles. The number of carbonyl (C=O) groups is 2. The zero-order valence-corrected chi connectivity index (χ0v) is 19.4. The molecule has 33 heavy (non-hydrogen) atoms. The van der Waals surface area contributed by atoms with Crippen LogP contribution in [0.25, 0.3) is 0 Å². The molecule has 172 valence electrons. The van der Waals surface area contributed by atoms with Crippen molar-refractivity contribution in [1.82, 2.24) is 0 Å². The van der Waals surface area contributed by atoms with Gasteiger partial charge in [0.15, 0.2) is 0 Å². The number of hydrogen-bond acceptors (Lipinski definition) is 5. The fourth-order valence-corrected chi connectivity index (χ4v) is 5.34. The minimum absolute atomic E-state index is 0.136. The lowest BCUT2D eigenvalue weighted by molar-refractivity contribution is 0.0696. The van der Waals surface area contributed by atoms with Crippen LogP contribution in [0.2, 0.25) is 0 Å². The molecule has 3 aromatic rings. The van der Waals surface area contributed by atoms with E-state index >= 15 is 0 Å². The first-order valence-corrected chi connectivity index (χ1v) is 12.0. The number of carbonyl (C=O) groups excluding carboxylic acids is 1. The number of carboxylic acids is 1. The molecule has 3 N–H and O–H groups in total. The standard InChI is InChI=1S/C26H28N2O4S/c1-32-14-4-13-27-21-11-9-18(10-12-21)24(29)28-25-23(26(30)31)22(16-33-25)20-8-7-17-5-2-3-6-19(17)15-20/h2-3,5-6,9-12,16,20,27H,4,7-8,13-15H2,1H3,(H,28,29)(H,30,31). The van der Waals surface area contributed by atoms with Gasteiger partial charge in [0.25, 0.3) is 5.91 Å². The molecule has 0 spiro atoms. The lowest BCUT2D eigenvalue weighted by Crippen LogP contribution is -2.17. The summed E-state index contributed by atoms with van der Waals surface area (Å²) in [6.07, 6.45) is 3.55. The van der Waals surface area contributed by atoms with Gasteiger partial charge in [-0.15, -0.1) is 11.3 Å². The summed E-state index contributed by atoms with van der Waals surface area (Å²) < 4.78 is 5.04. The van der Waals surface area contributed by atoms with E-state index in [1.54, 1.807) is 19.2 Å². The monoisotopic (exact) mass is 464 g/mol. The Kier molecular flexibility index (Phi) is 7.42. The molecule has 0 saturated carbocycles. The number of carboxylic acid groups (broad SMARTS) is 1. The van der Waals surface area contributed by atoms with E-state index in [9.17, 15) is 14.7 Å². The number of aromatic carboxylic acids is 1. The van der Waals surface area contributed by atoms with Crippen LogP contribution in [0.1, 0.15) is 56.2 Å². The maximum Gasteiger partial charge on any atom is 0.339 e. The van der Waals surface area contributed by atoms with Gasteiger partial charge in [0, 0.05) is 31.5 Å². The van der Waals surface area contributed by atoms with E-state index in [0.717, 1.165) is 43.5 Å². The Bertz CT molecular complexity index is 1120. The number of hydrogen-bond donors (Lipinski definition) is 3. The van der Waals surface area contributed by atoms with Crippen LogP contribution in [-0.2, 0) is 17.6 Å². The first-order chi connectivity index (χ1) is 16.1. The van der Waals surface area contributed by atoms with Crippen molar-refractivity contribution in [1.29, 1.82) is 0 Å². The molecule has 0 bridgehead atoms. The molecular weight excluding hydrogens is 436 g/mol.